The standard InChI is InChI=1S/C27H40N6O3S/c1-27(2,3)36-26(35)30-23(25(34)33-14-15-37-19-33)16-20-4-7-22(8-5-20)31-10-12-32(13-11-31)24-9-6-21(17-28)18-29-24/h6,9,18,20,22-23H,4-5,7-8,10-16,19H2,1-3H3,(H,30,35). The lowest BCUT2D eigenvalue weighted by molar-refractivity contribution is -0.132. The number of rotatable bonds is 6. The molecule has 1 aromatic rings. The zero-order valence-electron chi connectivity index (χ0n) is 22.3. The lowest BCUT2D eigenvalue weighted by atomic mass is 9.81. The van der Waals surface area contributed by atoms with Crippen molar-refractivity contribution in [1.29, 1.82) is 5.26 Å². The molecule has 3 aliphatic rings. The second kappa shape index (κ2) is 12.4. The molecule has 1 N–H and O–H groups in total. The summed E-state index contributed by atoms with van der Waals surface area (Å²) in [7, 11) is 0. The molecule has 2 saturated heterocycles. The maximum absolute atomic E-state index is 13.2. The molecule has 37 heavy (non-hydrogen) atoms. The molecule has 202 valence electrons. The van der Waals surface area contributed by atoms with Crippen molar-refractivity contribution in [2.75, 3.05) is 49.3 Å². The maximum atomic E-state index is 13.2. The first-order valence-corrected chi connectivity index (χ1v) is 14.6. The summed E-state index contributed by atoms with van der Waals surface area (Å²) in [5.41, 5.74) is -0.0111. The van der Waals surface area contributed by atoms with Gasteiger partial charge in [-0.25, -0.2) is 9.78 Å². The van der Waals surface area contributed by atoms with Gasteiger partial charge in [-0.15, -0.1) is 11.8 Å². The van der Waals surface area contributed by atoms with Crippen molar-refractivity contribution in [3.05, 3.63) is 23.9 Å². The fraction of sp³-hybridized carbons (Fsp3) is 0.704. The molecule has 0 bridgehead atoms. The van der Waals surface area contributed by atoms with Crippen LogP contribution in [0.4, 0.5) is 10.6 Å². The highest BCUT2D eigenvalue weighted by atomic mass is 32.2. The van der Waals surface area contributed by atoms with Gasteiger partial charge in [-0.3, -0.25) is 9.69 Å². The summed E-state index contributed by atoms with van der Waals surface area (Å²) >= 11 is 1.75. The minimum atomic E-state index is -0.598. The van der Waals surface area contributed by atoms with Gasteiger partial charge in [0.05, 0.1) is 11.4 Å². The molecule has 10 heteroatoms. The van der Waals surface area contributed by atoms with Crippen molar-refractivity contribution in [3.8, 4) is 6.07 Å². The SMILES string of the molecule is CC(C)(C)OC(=O)NC(CC1CCC(N2CCN(c3ccc(C#N)cn3)CC2)CC1)C(=O)N1CCSC1. The third kappa shape index (κ3) is 7.74. The number of hydrogen-bond donors (Lipinski definition) is 1. The highest BCUT2D eigenvalue weighted by Crippen LogP contribution is 2.32. The van der Waals surface area contributed by atoms with Crippen LogP contribution in [0.15, 0.2) is 18.3 Å². The van der Waals surface area contributed by atoms with E-state index in [9.17, 15) is 9.59 Å². The van der Waals surface area contributed by atoms with Crippen molar-refractivity contribution in [2.24, 2.45) is 5.92 Å². The summed E-state index contributed by atoms with van der Waals surface area (Å²) in [6, 6.07) is 5.92. The van der Waals surface area contributed by atoms with Gasteiger partial charge in [-0.2, -0.15) is 5.26 Å². The van der Waals surface area contributed by atoms with E-state index in [0.717, 1.165) is 70.0 Å². The topological polar surface area (TPSA) is 102 Å². The van der Waals surface area contributed by atoms with Crippen LogP contribution in [0, 0.1) is 17.2 Å². The van der Waals surface area contributed by atoms with Crippen molar-refractivity contribution >= 4 is 29.6 Å². The Morgan fingerprint density at radius 3 is 2.46 bits per heavy atom. The van der Waals surface area contributed by atoms with Crippen molar-refractivity contribution in [3.63, 3.8) is 0 Å². The Morgan fingerprint density at radius 1 is 1.16 bits per heavy atom. The number of nitrogens with one attached hydrogen (secondary N) is 1. The number of aromatic nitrogens is 1. The van der Waals surface area contributed by atoms with Crippen LogP contribution >= 0.6 is 11.8 Å². The second-order valence-corrected chi connectivity index (χ2v) is 12.4. The molecule has 3 heterocycles. The van der Waals surface area contributed by atoms with E-state index in [1.54, 1.807) is 18.0 Å². The number of piperazine rings is 1. The van der Waals surface area contributed by atoms with Crippen LogP contribution in [0.1, 0.15) is 58.4 Å². The van der Waals surface area contributed by atoms with Crippen LogP contribution in [0.2, 0.25) is 0 Å². The normalized spacial score (nSPS) is 23.8. The largest absolute Gasteiger partial charge is 0.444 e. The smallest absolute Gasteiger partial charge is 0.408 e. The third-order valence-corrected chi connectivity index (χ3v) is 8.44. The highest BCUT2D eigenvalue weighted by molar-refractivity contribution is 7.99. The summed E-state index contributed by atoms with van der Waals surface area (Å²) in [6.07, 6.45) is 6.17. The number of carbonyl (C=O) groups is 2. The predicted molar refractivity (Wildman–Crippen MR) is 145 cm³/mol. The Balaban J connectivity index is 1.26. The van der Waals surface area contributed by atoms with Gasteiger partial charge in [0.1, 0.15) is 23.5 Å². The Kier molecular flexibility index (Phi) is 9.19. The van der Waals surface area contributed by atoms with Crippen LogP contribution < -0.4 is 10.2 Å². The number of anilines is 1. The first kappa shape index (κ1) is 27.5. The number of pyridine rings is 1. The third-order valence-electron chi connectivity index (χ3n) is 7.47. The molecule has 1 atom stereocenters. The van der Waals surface area contributed by atoms with E-state index in [0.29, 0.717) is 29.8 Å². The number of nitrogens with zero attached hydrogens (tertiary/aromatic N) is 5. The zero-order chi connectivity index (χ0) is 26.4. The van der Waals surface area contributed by atoms with Gasteiger partial charge in [0.15, 0.2) is 0 Å². The van der Waals surface area contributed by atoms with Gasteiger partial charge in [0.2, 0.25) is 5.91 Å². The van der Waals surface area contributed by atoms with Crippen LogP contribution in [0.3, 0.4) is 0 Å². The number of amides is 2. The highest BCUT2D eigenvalue weighted by Gasteiger charge is 2.34. The van der Waals surface area contributed by atoms with Crippen LogP contribution in [0.25, 0.3) is 0 Å². The molecule has 1 aliphatic carbocycles. The zero-order valence-corrected chi connectivity index (χ0v) is 23.1. The quantitative estimate of drug-likeness (QED) is 0.599. The number of thioether (sulfide) groups is 1. The van der Waals surface area contributed by atoms with E-state index in [-0.39, 0.29) is 5.91 Å². The minimum Gasteiger partial charge on any atom is -0.444 e. The summed E-state index contributed by atoms with van der Waals surface area (Å²) in [5.74, 6) is 3.02. The van der Waals surface area contributed by atoms with Crippen molar-refractivity contribution in [1.82, 2.24) is 20.1 Å². The monoisotopic (exact) mass is 528 g/mol. The number of alkyl carbamates (subject to hydrolysis) is 1. The van der Waals surface area contributed by atoms with Gasteiger partial charge >= 0.3 is 6.09 Å². The predicted octanol–water partition coefficient (Wildman–Crippen LogP) is 3.45. The Morgan fingerprint density at radius 2 is 1.89 bits per heavy atom. The average Bonchev–Trinajstić information content (AvgIpc) is 3.43. The van der Waals surface area contributed by atoms with Crippen molar-refractivity contribution in [2.45, 2.75) is 70.6 Å². The van der Waals surface area contributed by atoms with E-state index in [2.05, 4.69) is 26.2 Å². The molecule has 2 amide bonds. The molecule has 0 spiro atoms. The van der Waals surface area contributed by atoms with Gasteiger partial charge < -0.3 is 19.9 Å². The van der Waals surface area contributed by atoms with E-state index >= 15 is 0 Å². The summed E-state index contributed by atoms with van der Waals surface area (Å²) in [4.78, 5) is 36.9. The van der Waals surface area contributed by atoms with E-state index in [1.165, 1.54) is 0 Å². The van der Waals surface area contributed by atoms with Crippen molar-refractivity contribution < 1.29 is 14.3 Å². The van der Waals surface area contributed by atoms with Gasteiger partial charge in [0.25, 0.3) is 0 Å². The molecule has 4 rings (SSSR count). The molecular weight excluding hydrogens is 488 g/mol. The molecule has 3 fully saturated rings. The molecule has 1 saturated carbocycles. The Hall–Kier alpha value is -2.51. The molecule has 9 nitrogen and oxygen atoms in total. The lowest BCUT2D eigenvalue weighted by Gasteiger charge is -2.42. The summed E-state index contributed by atoms with van der Waals surface area (Å²) in [5, 5.41) is 11.9. The van der Waals surface area contributed by atoms with Gasteiger partial charge in [0, 0.05) is 50.7 Å². The van der Waals surface area contributed by atoms with Crippen LogP contribution in [-0.4, -0.2) is 88.8 Å². The average molecular weight is 529 g/mol. The van der Waals surface area contributed by atoms with E-state index in [4.69, 9.17) is 10.00 Å². The molecule has 1 aromatic heterocycles. The van der Waals surface area contributed by atoms with Gasteiger partial charge in [-0.05, 0) is 70.9 Å². The van der Waals surface area contributed by atoms with Crippen LogP contribution in [0.5, 0.6) is 0 Å². The maximum Gasteiger partial charge on any atom is 0.408 e. The van der Waals surface area contributed by atoms with Crippen LogP contribution in [-0.2, 0) is 9.53 Å². The molecule has 0 radical (unpaired) electrons. The van der Waals surface area contributed by atoms with Gasteiger partial charge in [-0.1, -0.05) is 0 Å². The number of ether oxygens (including phenoxy) is 1. The fourth-order valence-corrected chi connectivity index (χ4v) is 6.47. The van der Waals surface area contributed by atoms with E-state index in [1.807, 2.05) is 37.8 Å². The Bertz CT molecular complexity index is 954. The Labute approximate surface area is 224 Å². The molecule has 0 aromatic carbocycles. The molecular formula is C27H40N6O3S. The molecule has 2 aliphatic heterocycles. The fourth-order valence-electron chi connectivity index (χ4n) is 5.51. The van der Waals surface area contributed by atoms with E-state index < -0.39 is 17.7 Å². The first-order valence-electron chi connectivity index (χ1n) is 13.4. The second-order valence-electron chi connectivity index (χ2n) is 11.3. The minimum absolute atomic E-state index is 0.0190. The summed E-state index contributed by atoms with van der Waals surface area (Å²) in [6.45, 7) is 10.1. The molecule has 1 unspecified atom stereocenters. The number of hydrogen-bond acceptors (Lipinski definition) is 8. The number of carbonyl (C=O) groups excluding carboxylic acids is 2. The lowest BCUT2D eigenvalue weighted by Crippen LogP contribution is -2.52. The number of nitriles is 1. The summed E-state index contributed by atoms with van der Waals surface area (Å²) < 4.78 is 5.46. The first-order chi connectivity index (χ1) is 17.7.